The van der Waals surface area contributed by atoms with Crippen LogP contribution in [0.4, 0.5) is 0 Å². The van der Waals surface area contributed by atoms with Crippen molar-refractivity contribution in [2.75, 3.05) is 0 Å². The third kappa shape index (κ3) is 1.81. The van der Waals surface area contributed by atoms with Crippen LogP contribution >= 0.6 is 11.6 Å². The molecule has 6 heteroatoms. The van der Waals surface area contributed by atoms with Gasteiger partial charge >= 0.3 is 5.69 Å². The van der Waals surface area contributed by atoms with Gasteiger partial charge in [-0.1, -0.05) is 23.7 Å². The second kappa shape index (κ2) is 3.71. The van der Waals surface area contributed by atoms with Gasteiger partial charge in [0.25, 0.3) is 0 Å². The number of hydrogen-bond acceptors (Lipinski definition) is 3. The van der Waals surface area contributed by atoms with Crippen LogP contribution < -0.4 is 5.69 Å². The van der Waals surface area contributed by atoms with Crippen LogP contribution in [-0.4, -0.2) is 19.9 Å². The maximum atomic E-state index is 11.0. The molecule has 1 aromatic carbocycles. The fraction of sp³-hybridized carbons (Fsp3) is 0. The fourth-order valence-corrected chi connectivity index (χ4v) is 1.79. The molecule has 0 bridgehead atoms. The molecule has 2 heterocycles. The first kappa shape index (κ1) is 10.0. The SMILES string of the molecule is O=c1ncc2[nH]c(-c3cccc(Cl)c3)nc2[nH]1. The molecule has 3 rings (SSSR count). The second-order valence-electron chi connectivity index (χ2n) is 3.55. The van der Waals surface area contributed by atoms with Gasteiger partial charge in [0, 0.05) is 10.6 Å². The van der Waals surface area contributed by atoms with Crippen molar-refractivity contribution in [3.63, 3.8) is 0 Å². The van der Waals surface area contributed by atoms with Crippen molar-refractivity contribution < 1.29 is 0 Å². The van der Waals surface area contributed by atoms with Crippen molar-refractivity contribution in [3.05, 3.63) is 46.0 Å². The van der Waals surface area contributed by atoms with Crippen LogP contribution in [0, 0.1) is 0 Å². The van der Waals surface area contributed by atoms with Crippen LogP contribution in [0.3, 0.4) is 0 Å². The van der Waals surface area contributed by atoms with Crippen LogP contribution in [0.5, 0.6) is 0 Å². The number of nitrogens with zero attached hydrogens (tertiary/aromatic N) is 2. The normalized spacial score (nSPS) is 10.9. The zero-order chi connectivity index (χ0) is 11.8. The van der Waals surface area contributed by atoms with Gasteiger partial charge in [0.15, 0.2) is 5.65 Å². The largest absolute Gasteiger partial charge is 0.346 e. The van der Waals surface area contributed by atoms with E-state index in [1.54, 1.807) is 12.1 Å². The topological polar surface area (TPSA) is 74.4 Å². The Kier molecular flexibility index (Phi) is 2.19. The third-order valence-electron chi connectivity index (χ3n) is 2.37. The maximum Gasteiger partial charge on any atom is 0.346 e. The first-order valence-electron chi connectivity index (χ1n) is 4.93. The van der Waals surface area contributed by atoms with Crippen molar-refractivity contribution in [1.29, 1.82) is 0 Å². The Morgan fingerprint density at radius 2 is 2.12 bits per heavy atom. The quantitative estimate of drug-likeness (QED) is 0.689. The predicted molar refractivity (Wildman–Crippen MR) is 65.0 cm³/mol. The molecule has 5 nitrogen and oxygen atoms in total. The summed E-state index contributed by atoms with van der Waals surface area (Å²) in [5.74, 6) is 0.645. The van der Waals surface area contributed by atoms with E-state index in [0.717, 1.165) is 5.56 Å². The summed E-state index contributed by atoms with van der Waals surface area (Å²) >= 11 is 5.91. The van der Waals surface area contributed by atoms with Crippen LogP contribution in [0.1, 0.15) is 0 Å². The molecule has 0 unspecified atom stereocenters. The Balaban J connectivity index is 2.21. The number of aromatic nitrogens is 4. The van der Waals surface area contributed by atoms with Crippen LogP contribution in [0.25, 0.3) is 22.6 Å². The Bertz CT molecular complexity index is 746. The summed E-state index contributed by atoms with van der Waals surface area (Å²) in [4.78, 5) is 24.6. The van der Waals surface area contributed by atoms with Gasteiger partial charge < -0.3 is 4.98 Å². The highest BCUT2D eigenvalue weighted by Gasteiger charge is 2.06. The lowest BCUT2D eigenvalue weighted by atomic mass is 10.2. The van der Waals surface area contributed by atoms with E-state index in [9.17, 15) is 4.79 Å². The van der Waals surface area contributed by atoms with E-state index < -0.39 is 5.69 Å². The molecular formula is C11H7ClN4O. The molecule has 0 fully saturated rings. The van der Waals surface area contributed by atoms with Crippen molar-refractivity contribution >= 4 is 22.8 Å². The van der Waals surface area contributed by atoms with Gasteiger partial charge in [-0.3, -0.25) is 4.98 Å². The van der Waals surface area contributed by atoms with Crippen LogP contribution in [-0.2, 0) is 0 Å². The minimum atomic E-state index is -0.415. The first-order chi connectivity index (χ1) is 8.22. The Hall–Kier alpha value is -2.14. The summed E-state index contributed by atoms with van der Waals surface area (Å²) in [6.45, 7) is 0. The van der Waals surface area contributed by atoms with Crippen molar-refractivity contribution in [2.45, 2.75) is 0 Å². The molecule has 3 aromatic rings. The smallest absolute Gasteiger partial charge is 0.335 e. The summed E-state index contributed by atoms with van der Waals surface area (Å²) in [5.41, 5.74) is 1.61. The number of fused-ring (bicyclic) bond motifs is 1. The Labute approximate surface area is 101 Å². The van der Waals surface area contributed by atoms with E-state index in [0.29, 0.717) is 22.0 Å². The molecule has 2 N–H and O–H groups in total. The highest BCUT2D eigenvalue weighted by Crippen LogP contribution is 2.21. The lowest BCUT2D eigenvalue weighted by Crippen LogP contribution is -2.08. The summed E-state index contributed by atoms with van der Waals surface area (Å²) in [6, 6.07) is 7.31. The number of benzene rings is 1. The van der Waals surface area contributed by atoms with Crippen molar-refractivity contribution in [2.24, 2.45) is 0 Å². The molecule has 17 heavy (non-hydrogen) atoms. The average Bonchev–Trinajstić information content (AvgIpc) is 2.72. The van der Waals surface area contributed by atoms with E-state index in [2.05, 4.69) is 19.9 Å². The monoisotopic (exact) mass is 246 g/mol. The summed E-state index contributed by atoms with van der Waals surface area (Å²) in [6.07, 6.45) is 1.45. The van der Waals surface area contributed by atoms with Crippen molar-refractivity contribution in [1.82, 2.24) is 19.9 Å². The van der Waals surface area contributed by atoms with E-state index >= 15 is 0 Å². The molecule has 0 amide bonds. The molecule has 0 radical (unpaired) electrons. The number of imidazole rings is 1. The van der Waals surface area contributed by atoms with Gasteiger partial charge in [0.1, 0.15) is 11.3 Å². The number of hydrogen-bond donors (Lipinski definition) is 2. The van der Waals surface area contributed by atoms with Gasteiger partial charge in [-0.25, -0.2) is 9.78 Å². The van der Waals surface area contributed by atoms with Gasteiger partial charge in [-0.2, -0.15) is 4.98 Å². The molecule has 0 aliphatic rings. The third-order valence-corrected chi connectivity index (χ3v) is 2.60. The number of aromatic amines is 2. The number of H-pyrrole nitrogens is 2. The minimum Gasteiger partial charge on any atom is -0.335 e. The molecule has 2 aromatic heterocycles. The molecule has 0 saturated heterocycles. The molecule has 0 aliphatic heterocycles. The Morgan fingerprint density at radius 3 is 2.94 bits per heavy atom. The lowest BCUT2D eigenvalue weighted by Gasteiger charge is -1.95. The standard InChI is InChI=1S/C11H7ClN4O/c12-7-3-1-2-6(4-7)9-14-8-5-13-11(17)16-10(8)15-9/h1-5H,(H2,13,14,15,16,17). The predicted octanol–water partition coefficient (Wildman–Crippen LogP) is 1.97. The van der Waals surface area contributed by atoms with E-state index in [1.807, 2.05) is 12.1 Å². The maximum absolute atomic E-state index is 11.0. The van der Waals surface area contributed by atoms with Gasteiger partial charge in [-0.05, 0) is 12.1 Å². The molecule has 0 aliphatic carbocycles. The Morgan fingerprint density at radius 1 is 1.24 bits per heavy atom. The second-order valence-corrected chi connectivity index (χ2v) is 3.98. The molecule has 0 saturated carbocycles. The van der Waals surface area contributed by atoms with E-state index in [-0.39, 0.29) is 0 Å². The molecule has 0 atom stereocenters. The number of nitrogens with one attached hydrogen (secondary N) is 2. The highest BCUT2D eigenvalue weighted by atomic mass is 35.5. The fourth-order valence-electron chi connectivity index (χ4n) is 1.60. The number of rotatable bonds is 1. The summed E-state index contributed by atoms with van der Waals surface area (Å²) < 4.78 is 0. The average molecular weight is 247 g/mol. The van der Waals surface area contributed by atoms with Crippen molar-refractivity contribution in [3.8, 4) is 11.4 Å². The zero-order valence-corrected chi connectivity index (χ0v) is 9.32. The zero-order valence-electron chi connectivity index (χ0n) is 8.57. The van der Waals surface area contributed by atoms with Crippen LogP contribution in [0.15, 0.2) is 35.3 Å². The van der Waals surface area contributed by atoms with Crippen LogP contribution in [0.2, 0.25) is 5.02 Å². The van der Waals surface area contributed by atoms with Gasteiger partial charge in [-0.15, -0.1) is 0 Å². The molecule has 84 valence electrons. The molecular weight excluding hydrogens is 240 g/mol. The minimum absolute atomic E-state index is 0.415. The van der Waals surface area contributed by atoms with E-state index in [4.69, 9.17) is 11.6 Å². The van der Waals surface area contributed by atoms with Gasteiger partial charge in [0.2, 0.25) is 0 Å². The highest BCUT2D eigenvalue weighted by molar-refractivity contribution is 6.30. The lowest BCUT2D eigenvalue weighted by molar-refractivity contribution is 1.10. The van der Waals surface area contributed by atoms with E-state index in [1.165, 1.54) is 6.20 Å². The summed E-state index contributed by atoms with van der Waals surface area (Å²) in [5, 5.41) is 0.634. The molecule has 0 spiro atoms. The number of halogens is 1. The first-order valence-corrected chi connectivity index (χ1v) is 5.31. The summed E-state index contributed by atoms with van der Waals surface area (Å²) in [7, 11) is 0. The van der Waals surface area contributed by atoms with Gasteiger partial charge in [0.05, 0.1) is 6.20 Å².